The minimum Gasteiger partial charge on any atom is -0.255 e. The second-order valence-corrected chi connectivity index (χ2v) is 19.5. The van der Waals surface area contributed by atoms with Crippen molar-refractivity contribution in [2.24, 2.45) is 0 Å². The van der Waals surface area contributed by atoms with Crippen molar-refractivity contribution in [1.82, 2.24) is 19.9 Å². The summed E-state index contributed by atoms with van der Waals surface area (Å²) in [6.45, 7) is 17.9. The predicted molar refractivity (Wildman–Crippen MR) is 256 cm³/mol. The summed E-state index contributed by atoms with van der Waals surface area (Å²) in [5, 5.41) is 0. The van der Waals surface area contributed by atoms with Crippen molar-refractivity contribution < 1.29 is 0 Å². The van der Waals surface area contributed by atoms with Gasteiger partial charge in [0.2, 0.25) is 0 Å². The second kappa shape index (κ2) is 14.8. The zero-order chi connectivity index (χ0) is 43.0. The van der Waals surface area contributed by atoms with E-state index in [1.807, 2.05) is 6.20 Å². The maximum atomic E-state index is 5.14. The van der Waals surface area contributed by atoms with Gasteiger partial charge < -0.3 is 0 Å². The van der Waals surface area contributed by atoms with E-state index in [-0.39, 0.29) is 10.8 Å². The highest BCUT2D eigenvalue weighted by atomic mass is 15.0. The van der Waals surface area contributed by atoms with Gasteiger partial charge in [-0.2, -0.15) is 0 Å². The van der Waals surface area contributed by atoms with Gasteiger partial charge in [-0.25, -0.2) is 15.0 Å². The summed E-state index contributed by atoms with van der Waals surface area (Å²) in [7, 11) is 0. The van der Waals surface area contributed by atoms with Crippen molar-refractivity contribution in [3.8, 4) is 67.7 Å². The molecule has 1 spiro atoms. The second-order valence-electron chi connectivity index (χ2n) is 19.5. The van der Waals surface area contributed by atoms with Crippen molar-refractivity contribution in [2.45, 2.75) is 90.9 Å². The number of hydrogen-bond donors (Lipinski definition) is 0. The molecule has 62 heavy (non-hydrogen) atoms. The van der Waals surface area contributed by atoms with Gasteiger partial charge in [-0.05, 0) is 110 Å². The van der Waals surface area contributed by atoms with E-state index in [0.29, 0.717) is 17.5 Å². The van der Waals surface area contributed by atoms with Crippen LogP contribution in [0.15, 0.2) is 146 Å². The van der Waals surface area contributed by atoms with Crippen LogP contribution in [0.4, 0.5) is 0 Å². The summed E-state index contributed by atoms with van der Waals surface area (Å²) in [5.41, 5.74) is 20.3. The lowest BCUT2D eigenvalue weighted by Crippen LogP contribution is -2.26. The molecule has 1 atom stereocenters. The van der Waals surface area contributed by atoms with Crippen LogP contribution in [0.25, 0.3) is 67.7 Å². The Morgan fingerprint density at radius 3 is 1.60 bits per heavy atom. The van der Waals surface area contributed by atoms with E-state index in [2.05, 4.69) is 195 Å². The maximum Gasteiger partial charge on any atom is 0.165 e. The van der Waals surface area contributed by atoms with E-state index in [9.17, 15) is 0 Å². The molecular formula is C58H54N4. The molecular weight excluding hydrogens is 753 g/mol. The van der Waals surface area contributed by atoms with Crippen LogP contribution < -0.4 is 0 Å². The Bertz CT molecular complexity index is 2920. The molecule has 2 heterocycles. The molecule has 0 saturated heterocycles. The number of unbranched alkanes of at least 4 members (excludes halogenated alkanes) is 1. The number of nitrogens with zero attached hydrogens (tertiary/aromatic N) is 4. The number of rotatable bonds is 7. The van der Waals surface area contributed by atoms with Gasteiger partial charge in [-0.3, -0.25) is 4.98 Å². The number of aryl methyl sites for hydroxylation is 2. The van der Waals surface area contributed by atoms with E-state index in [1.54, 1.807) is 0 Å². The van der Waals surface area contributed by atoms with Crippen LogP contribution in [0.2, 0.25) is 0 Å². The van der Waals surface area contributed by atoms with Crippen molar-refractivity contribution in [1.29, 1.82) is 0 Å². The highest BCUT2D eigenvalue weighted by Gasteiger charge is 2.51. The first-order valence-electron chi connectivity index (χ1n) is 22.3. The standard InChI is InChI=1S/C58H54N4/c1-9-10-13-37-17-30-49-47(33-37)44-14-11-12-15-48(44)58(49)50-32-36(2)16-28-45(50)46-29-22-40(34-51(46)58)52-31-23-41(35-59-52)55-61-53(38-18-24-42(25-19-38)56(3,4)5)60-54(62-55)39-20-26-43(27-21-39)57(6,7)8/h11-12,14-35H,9-10,13H2,1-8H3. The molecule has 6 aromatic carbocycles. The van der Waals surface area contributed by atoms with Crippen molar-refractivity contribution in [3.05, 3.63) is 190 Å². The molecule has 4 nitrogen and oxygen atoms in total. The number of fused-ring (bicyclic) bond motifs is 10. The summed E-state index contributed by atoms with van der Waals surface area (Å²) < 4.78 is 0. The Morgan fingerprint density at radius 2 is 1.00 bits per heavy atom. The van der Waals surface area contributed by atoms with Gasteiger partial charge in [0.25, 0.3) is 0 Å². The van der Waals surface area contributed by atoms with Crippen LogP contribution in [0.3, 0.4) is 0 Å². The Hall–Kier alpha value is -6.52. The lowest BCUT2D eigenvalue weighted by atomic mass is 9.70. The summed E-state index contributed by atoms with van der Waals surface area (Å²) in [6, 6.07) is 51.8. The molecule has 0 saturated carbocycles. The zero-order valence-electron chi connectivity index (χ0n) is 37.3. The van der Waals surface area contributed by atoms with E-state index < -0.39 is 5.41 Å². The number of pyridine rings is 1. The normalized spacial score (nSPS) is 15.0. The first kappa shape index (κ1) is 39.6. The molecule has 1 unspecified atom stereocenters. The van der Waals surface area contributed by atoms with Gasteiger partial charge in [-0.15, -0.1) is 0 Å². The fourth-order valence-electron chi connectivity index (χ4n) is 9.74. The quantitative estimate of drug-likeness (QED) is 0.161. The monoisotopic (exact) mass is 806 g/mol. The van der Waals surface area contributed by atoms with Crippen molar-refractivity contribution >= 4 is 0 Å². The molecule has 306 valence electrons. The third-order valence-corrected chi connectivity index (χ3v) is 13.2. The van der Waals surface area contributed by atoms with E-state index in [4.69, 9.17) is 19.9 Å². The van der Waals surface area contributed by atoms with E-state index in [0.717, 1.165) is 34.4 Å². The molecule has 0 fully saturated rings. The van der Waals surface area contributed by atoms with Crippen LogP contribution in [-0.2, 0) is 22.7 Å². The highest BCUT2D eigenvalue weighted by Crippen LogP contribution is 2.63. The first-order chi connectivity index (χ1) is 29.8. The lowest BCUT2D eigenvalue weighted by Gasteiger charge is -2.31. The van der Waals surface area contributed by atoms with Crippen LogP contribution >= 0.6 is 0 Å². The van der Waals surface area contributed by atoms with E-state index >= 15 is 0 Å². The molecule has 4 heteroatoms. The summed E-state index contributed by atoms with van der Waals surface area (Å²) in [6.07, 6.45) is 5.39. The van der Waals surface area contributed by atoms with Crippen LogP contribution in [0.5, 0.6) is 0 Å². The molecule has 2 aromatic heterocycles. The Labute approximate surface area is 367 Å². The Morgan fingerprint density at radius 1 is 0.468 bits per heavy atom. The molecule has 2 aliphatic carbocycles. The molecule has 0 N–H and O–H groups in total. The van der Waals surface area contributed by atoms with Crippen LogP contribution in [0.1, 0.15) is 106 Å². The van der Waals surface area contributed by atoms with Gasteiger partial charge in [-0.1, -0.05) is 182 Å². The van der Waals surface area contributed by atoms with Gasteiger partial charge in [0.1, 0.15) is 0 Å². The maximum absolute atomic E-state index is 5.14. The topological polar surface area (TPSA) is 51.6 Å². The molecule has 0 radical (unpaired) electrons. The van der Waals surface area contributed by atoms with Crippen molar-refractivity contribution in [3.63, 3.8) is 0 Å². The molecule has 0 bridgehead atoms. The van der Waals surface area contributed by atoms with Crippen LogP contribution in [-0.4, -0.2) is 19.9 Å². The minimum atomic E-state index is -0.421. The summed E-state index contributed by atoms with van der Waals surface area (Å²) >= 11 is 0. The van der Waals surface area contributed by atoms with Gasteiger partial charge in [0.15, 0.2) is 17.5 Å². The van der Waals surface area contributed by atoms with Gasteiger partial charge in [0, 0.05) is 28.5 Å². The number of hydrogen-bond acceptors (Lipinski definition) is 4. The number of aromatic nitrogens is 4. The third-order valence-electron chi connectivity index (χ3n) is 13.2. The average Bonchev–Trinajstić information content (AvgIpc) is 3.73. The van der Waals surface area contributed by atoms with Crippen LogP contribution in [0, 0.1) is 6.92 Å². The largest absolute Gasteiger partial charge is 0.255 e. The third kappa shape index (κ3) is 6.59. The average molecular weight is 807 g/mol. The summed E-state index contributed by atoms with van der Waals surface area (Å²) in [4.78, 5) is 20.3. The first-order valence-corrected chi connectivity index (χ1v) is 22.3. The fraction of sp³-hybridized carbons (Fsp3) is 0.241. The molecule has 10 rings (SSSR count). The molecule has 0 amide bonds. The van der Waals surface area contributed by atoms with Crippen molar-refractivity contribution in [2.75, 3.05) is 0 Å². The fourth-order valence-corrected chi connectivity index (χ4v) is 9.74. The minimum absolute atomic E-state index is 0.0443. The SMILES string of the molecule is CCCCc1ccc2c(c1)-c1ccccc1C21c2cc(C)ccc2-c2ccc(-c3ccc(-c4nc(-c5ccc(C(C)(C)C)cc5)nc(-c5ccc(C(C)(C)C)cc5)n4)cn3)cc21. The Balaban J connectivity index is 1.07. The Kier molecular flexibility index (Phi) is 9.48. The summed E-state index contributed by atoms with van der Waals surface area (Å²) in [5.74, 6) is 1.88. The smallest absolute Gasteiger partial charge is 0.165 e. The van der Waals surface area contributed by atoms with E-state index in [1.165, 1.54) is 79.6 Å². The lowest BCUT2D eigenvalue weighted by molar-refractivity contribution is 0.590. The zero-order valence-corrected chi connectivity index (χ0v) is 37.3. The molecule has 2 aliphatic rings. The molecule has 0 aliphatic heterocycles. The number of benzene rings is 6. The highest BCUT2D eigenvalue weighted by molar-refractivity contribution is 5.96. The van der Waals surface area contributed by atoms with Gasteiger partial charge in [0.05, 0.1) is 11.1 Å². The van der Waals surface area contributed by atoms with Gasteiger partial charge >= 0.3 is 0 Å². The predicted octanol–water partition coefficient (Wildman–Crippen LogP) is 14.5. The molecule has 8 aromatic rings.